The van der Waals surface area contributed by atoms with Gasteiger partial charge in [-0.25, -0.2) is 0 Å². The normalized spacial score (nSPS) is 10.2. The van der Waals surface area contributed by atoms with Crippen LogP contribution in [0, 0.1) is 10.1 Å². The molecule has 8 heteroatoms. The molecule has 0 spiro atoms. The lowest BCUT2D eigenvalue weighted by Gasteiger charge is -2.08. The number of aromatic nitrogens is 2. The summed E-state index contributed by atoms with van der Waals surface area (Å²) in [5, 5.41) is 13.7. The predicted octanol–water partition coefficient (Wildman–Crippen LogP) is 1.40. The summed E-state index contributed by atoms with van der Waals surface area (Å²) in [6, 6.07) is 7.02. The van der Waals surface area contributed by atoms with Gasteiger partial charge in [0.1, 0.15) is 12.4 Å². The molecule has 1 aromatic carbocycles. The Kier molecular flexibility index (Phi) is 4.04. The first-order valence-electron chi connectivity index (χ1n) is 5.96. The molecule has 2 rings (SSSR count). The Bertz CT molecular complexity index is 594. The lowest BCUT2D eigenvalue weighted by Crippen LogP contribution is -2.14. The lowest BCUT2D eigenvalue weighted by atomic mass is 10.3. The SMILES string of the molecule is Cn1cnc([N+](=O)[O-])c1NCCOc1ccc(N)cc1. The molecule has 8 nitrogen and oxygen atoms in total. The number of nitrogens with zero attached hydrogens (tertiary/aromatic N) is 3. The van der Waals surface area contributed by atoms with E-state index < -0.39 is 4.92 Å². The van der Waals surface area contributed by atoms with Crippen molar-refractivity contribution in [1.82, 2.24) is 9.55 Å². The van der Waals surface area contributed by atoms with Gasteiger partial charge in [0.2, 0.25) is 12.1 Å². The van der Waals surface area contributed by atoms with Crippen molar-refractivity contribution in [3.8, 4) is 5.75 Å². The Labute approximate surface area is 115 Å². The average Bonchev–Trinajstić information content (AvgIpc) is 2.78. The molecule has 0 unspecified atom stereocenters. The Morgan fingerprint density at radius 2 is 2.15 bits per heavy atom. The van der Waals surface area contributed by atoms with Gasteiger partial charge in [-0.2, -0.15) is 0 Å². The van der Waals surface area contributed by atoms with Gasteiger partial charge in [0.25, 0.3) is 0 Å². The molecule has 0 aliphatic rings. The topological polar surface area (TPSA) is 108 Å². The highest BCUT2D eigenvalue weighted by molar-refractivity contribution is 5.51. The van der Waals surface area contributed by atoms with Gasteiger partial charge < -0.3 is 25.9 Å². The molecule has 0 saturated heterocycles. The van der Waals surface area contributed by atoms with Crippen LogP contribution >= 0.6 is 0 Å². The fraction of sp³-hybridized carbons (Fsp3) is 0.250. The van der Waals surface area contributed by atoms with Gasteiger partial charge in [-0.1, -0.05) is 0 Å². The van der Waals surface area contributed by atoms with E-state index in [9.17, 15) is 10.1 Å². The van der Waals surface area contributed by atoms with Gasteiger partial charge in [-0.05, 0) is 34.2 Å². The maximum absolute atomic E-state index is 10.8. The third-order valence-electron chi connectivity index (χ3n) is 2.63. The summed E-state index contributed by atoms with van der Waals surface area (Å²) < 4.78 is 7.04. The Morgan fingerprint density at radius 3 is 2.80 bits per heavy atom. The molecular formula is C12H15N5O3. The standard InChI is InChI=1S/C12H15N5O3/c1-16-8-15-12(17(18)19)11(16)14-6-7-20-10-4-2-9(13)3-5-10/h2-5,8,14H,6-7,13H2,1H3. The molecule has 20 heavy (non-hydrogen) atoms. The molecule has 1 heterocycles. The molecule has 0 amide bonds. The van der Waals surface area contributed by atoms with Crippen LogP contribution in [0.3, 0.4) is 0 Å². The van der Waals surface area contributed by atoms with E-state index in [1.165, 1.54) is 6.33 Å². The van der Waals surface area contributed by atoms with E-state index >= 15 is 0 Å². The van der Waals surface area contributed by atoms with E-state index in [-0.39, 0.29) is 5.82 Å². The number of ether oxygens (including phenoxy) is 1. The first-order valence-corrected chi connectivity index (χ1v) is 5.96. The number of anilines is 2. The molecule has 0 atom stereocenters. The Hall–Kier alpha value is -2.77. The third kappa shape index (κ3) is 3.16. The molecule has 106 valence electrons. The monoisotopic (exact) mass is 277 g/mol. The summed E-state index contributed by atoms with van der Waals surface area (Å²) in [4.78, 5) is 14.0. The van der Waals surface area contributed by atoms with Crippen LogP contribution in [0.4, 0.5) is 17.3 Å². The van der Waals surface area contributed by atoms with E-state index in [0.717, 1.165) is 0 Å². The zero-order valence-electron chi connectivity index (χ0n) is 10.9. The van der Waals surface area contributed by atoms with Crippen molar-refractivity contribution < 1.29 is 9.66 Å². The minimum Gasteiger partial charge on any atom is -0.492 e. The highest BCUT2D eigenvalue weighted by Crippen LogP contribution is 2.20. The predicted molar refractivity (Wildman–Crippen MR) is 74.7 cm³/mol. The molecule has 0 aliphatic carbocycles. The summed E-state index contributed by atoms with van der Waals surface area (Å²) in [5.41, 5.74) is 6.23. The summed E-state index contributed by atoms with van der Waals surface area (Å²) in [7, 11) is 1.68. The maximum atomic E-state index is 10.8. The highest BCUT2D eigenvalue weighted by Gasteiger charge is 2.19. The average molecular weight is 277 g/mol. The van der Waals surface area contributed by atoms with Crippen LogP contribution < -0.4 is 15.8 Å². The van der Waals surface area contributed by atoms with Gasteiger partial charge in [-0.15, -0.1) is 0 Å². The van der Waals surface area contributed by atoms with Crippen molar-refractivity contribution in [1.29, 1.82) is 0 Å². The summed E-state index contributed by atoms with van der Waals surface area (Å²) in [5.74, 6) is 0.858. The number of imidazole rings is 1. The number of nitrogen functional groups attached to an aromatic ring is 1. The zero-order chi connectivity index (χ0) is 14.5. The molecule has 0 bridgehead atoms. The number of nitrogens with one attached hydrogen (secondary N) is 1. The van der Waals surface area contributed by atoms with Crippen molar-refractivity contribution in [2.24, 2.45) is 7.05 Å². The molecular weight excluding hydrogens is 262 g/mol. The molecule has 1 aromatic heterocycles. The van der Waals surface area contributed by atoms with E-state index in [2.05, 4.69) is 10.3 Å². The van der Waals surface area contributed by atoms with Crippen molar-refractivity contribution in [2.75, 3.05) is 24.2 Å². The molecule has 0 saturated carbocycles. The van der Waals surface area contributed by atoms with Crippen LogP contribution in [0.25, 0.3) is 0 Å². The minimum atomic E-state index is -0.525. The number of aryl methyl sites for hydroxylation is 1. The summed E-state index contributed by atoms with van der Waals surface area (Å²) >= 11 is 0. The molecule has 0 radical (unpaired) electrons. The van der Waals surface area contributed by atoms with Crippen molar-refractivity contribution in [2.45, 2.75) is 0 Å². The van der Waals surface area contributed by atoms with Gasteiger partial charge in [0, 0.05) is 12.7 Å². The van der Waals surface area contributed by atoms with Crippen LogP contribution in [-0.4, -0.2) is 27.6 Å². The van der Waals surface area contributed by atoms with Crippen LogP contribution in [0.2, 0.25) is 0 Å². The van der Waals surface area contributed by atoms with Gasteiger partial charge in [-0.3, -0.25) is 4.57 Å². The van der Waals surface area contributed by atoms with Gasteiger partial charge in [0.15, 0.2) is 0 Å². The van der Waals surface area contributed by atoms with Crippen molar-refractivity contribution in [3.63, 3.8) is 0 Å². The first kappa shape index (κ1) is 13.7. The van der Waals surface area contributed by atoms with E-state index in [0.29, 0.717) is 30.4 Å². The second-order valence-corrected chi connectivity index (χ2v) is 4.13. The number of benzene rings is 1. The highest BCUT2D eigenvalue weighted by atomic mass is 16.6. The molecule has 0 aliphatic heterocycles. The largest absolute Gasteiger partial charge is 0.492 e. The van der Waals surface area contributed by atoms with Crippen LogP contribution in [-0.2, 0) is 7.05 Å². The van der Waals surface area contributed by atoms with Crippen LogP contribution in [0.15, 0.2) is 30.6 Å². The number of hydrogen-bond donors (Lipinski definition) is 2. The number of nitrogens with two attached hydrogens (primary N) is 1. The minimum absolute atomic E-state index is 0.194. The quantitative estimate of drug-likeness (QED) is 0.357. The second kappa shape index (κ2) is 5.91. The second-order valence-electron chi connectivity index (χ2n) is 4.13. The molecule has 3 N–H and O–H groups in total. The van der Waals surface area contributed by atoms with E-state index in [1.807, 2.05) is 0 Å². The number of rotatable bonds is 6. The fourth-order valence-corrected chi connectivity index (χ4v) is 1.66. The van der Waals surface area contributed by atoms with Gasteiger partial charge in [0.05, 0.1) is 6.54 Å². The van der Waals surface area contributed by atoms with Crippen molar-refractivity contribution in [3.05, 3.63) is 40.7 Å². The maximum Gasteiger partial charge on any atom is 0.406 e. The summed E-state index contributed by atoms with van der Waals surface area (Å²) in [6.07, 6.45) is 1.39. The van der Waals surface area contributed by atoms with Crippen molar-refractivity contribution >= 4 is 17.3 Å². The zero-order valence-corrected chi connectivity index (χ0v) is 10.9. The van der Waals surface area contributed by atoms with Crippen LogP contribution in [0.1, 0.15) is 0 Å². The lowest BCUT2D eigenvalue weighted by molar-refractivity contribution is -0.388. The Balaban J connectivity index is 1.86. The fourth-order valence-electron chi connectivity index (χ4n) is 1.66. The van der Waals surface area contributed by atoms with Gasteiger partial charge >= 0.3 is 5.82 Å². The number of nitro groups is 1. The molecule has 2 aromatic rings. The number of hydrogen-bond acceptors (Lipinski definition) is 6. The van der Waals surface area contributed by atoms with Crippen LogP contribution in [0.5, 0.6) is 5.75 Å². The smallest absolute Gasteiger partial charge is 0.406 e. The van der Waals surface area contributed by atoms with E-state index in [1.54, 1.807) is 35.9 Å². The first-order chi connectivity index (χ1) is 9.58. The Morgan fingerprint density at radius 1 is 1.45 bits per heavy atom. The third-order valence-corrected chi connectivity index (χ3v) is 2.63. The van der Waals surface area contributed by atoms with E-state index in [4.69, 9.17) is 10.5 Å². The molecule has 0 fully saturated rings. The summed E-state index contributed by atoms with van der Waals surface area (Å²) in [6.45, 7) is 0.789.